The van der Waals surface area contributed by atoms with Crippen LogP contribution in [0.1, 0.15) is 25.0 Å². The lowest BCUT2D eigenvalue weighted by atomic mass is 10.1. The van der Waals surface area contributed by atoms with E-state index >= 15 is 0 Å². The van der Waals surface area contributed by atoms with Gasteiger partial charge < -0.3 is 4.90 Å². The van der Waals surface area contributed by atoms with Gasteiger partial charge in [-0.2, -0.15) is 4.31 Å². The van der Waals surface area contributed by atoms with Crippen molar-refractivity contribution in [3.63, 3.8) is 0 Å². The van der Waals surface area contributed by atoms with Crippen LogP contribution in [0.3, 0.4) is 0 Å². The smallest absolute Gasteiger partial charge is 0.244 e. The van der Waals surface area contributed by atoms with Gasteiger partial charge in [-0.05, 0) is 63.1 Å². The first-order valence-electron chi connectivity index (χ1n) is 10.4. The Morgan fingerprint density at radius 1 is 1.00 bits per heavy atom. The van der Waals surface area contributed by atoms with Crippen molar-refractivity contribution in [1.82, 2.24) is 9.21 Å². The Bertz CT molecular complexity index is 984. The third-order valence-corrected chi connectivity index (χ3v) is 7.84. The van der Waals surface area contributed by atoms with Crippen LogP contribution < -0.4 is 4.90 Å². The van der Waals surface area contributed by atoms with Crippen molar-refractivity contribution in [2.24, 2.45) is 0 Å². The van der Waals surface area contributed by atoms with Gasteiger partial charge in [0.05, 0.1) is 10.9 Å². The number of aryl methyl sites for hydroxylation is 2. The van der Waals surface area contributed by atoms with E-state index in [-0.39, 0.29) is 11.9 Å². The van der Waals surface area contributed by atoms with E-state index in [1.165, 1.54) is 4.31 Å². The second kappa shape index (κ2) is 9.29. The highest BCUT2D eigenvalue weighted by molar-refractivity contribution is 7.89. The lowest BCUT2D eigenvalue weighted by molar-refractivity contribution is -0.123. The van der Waals surface area contributed by atoms with Crippen molar-refractivity contribution in [3.05, 3.63) is 59.7 Å². The summed E-state index contributed by atoms with van der Waals surface area (Å²) in [7, 11) is -3.52. The fraction of sp³-hybridized carbons (Fsp3) is 0.435. The van der Waals surface area contributed by atoms with Crippen molar-refractivity contribution >= 4 is 21.6 Å². The fourth-order valence-corrected chi connectivity index (χ4v) is 5.32. The zero-order chi connectivity index (χ0) is 21.9. The first kappa shape index (κ1) is 22.5. The largest absolute Gasteiger partial charge is 0.311 e. The molecule has 0 saturated carbocycles. The van der Waals surface area contributed by atoms with Crippen LogP contribution in [0.2, 0.25) is 0 Å². The molecule has 1 aliphatic heterocycles. The van der Waals surface area contributed by atoms with E-state index in [2.05, 4.69) is 4.90 Å². The summed E-state index contributed by atoms with van der Waals surface area (Å²) in [6.45, 7) is 10.2. The lowest BCUT2D eigenvalue weighted by Gasteiger charge is -2.38. The molecule has 1 atom stereocenters. The second-order valence-corrected chi connectivity index (χ2v) is 9.72. The van der Waals surface area contributed by atoms with E-state index in [4.69, 9.17) is 0 Å². The number of anilines is 1. The third kappa shape index (κ3) is 4.58. The summed E-state index contributed by atoms with van der Waals surface area (Å²) < 4.78 is 27.6. The predicted molar refractivity (Wildman–Crippen MR) is 120 cm³/mol. The highest BCUT2D eigenvalue weighted by Crippen LogP contribution is 2.22. The number of piperazine rings is 1. The molecular weight excluding hydrogens is 398 g/mol. The summed E-state index contributed by atoms with van der Waals surface area (Å²) in [6, 6.07) is 14.6. The average Bonchev–Trinajstić information content (AvgIpc) is 2.76. The Morgan fingerprint density at radius 3 is 2.20 bits per heavy atom. The van der Waals surface area contributed by atoms with Crippen LogP contribution in [0.15, 0.2) is 53.4 Å². The molecule has 1 fully saturated rings. The van der Waals surface area contributed by atoms with E-state index in [0.29, 0.717) is 37.6 Å². The molecule has 0 unspecified atom stereocenters. The second-order valence-electron chi connectivity index (χ2n) is 7.78. The Kier molecular flexibility index (Phi) is 6.95. The molecule has 0 N–H and O–H groups in total. The molecule has 1 heterocycles. The topological polar surface area (TPSA) is 60.9 Å². The molecule has 7 heteroatoms. The molecule has 162 valence electrons. The first-order valence-corrected chi connectivity index (χ1v) is 11.9. The Morgan fingerprint density at radius 2 is 1.63 bits per heavy atom. The van der Waals surface area contributed by atoms with E-state index in [0.717, 1.165) is 16.8 Å². The molecule has 6 nitrogen and oxygen atoms in total. The minimum Gasteiger partial charge on any atom is -0.311 e. The minimum absolute atomic E-state index is 0.0363. The average molecular weight is 430 g/mol. The maximum atomic E-state index is 13.1. The van der Waals surface area contributed by atoms with Crippen molar-refractivity contribution in [3.8, 4) is 0 Å². The molecule has 0 bridgehead atoms. The maximum Gasteiger partial charge on any atom is 0.244 e. The fourth-order valence-electron chi connectivity index (χ4n) is 3.81. The molecular formula is C23H31N3O3S. The van der Waals surface area contributed by atoms with Gasteiger partial charge in [0.15, 0.2) is 0 Å². The number of sulfonamides is 1. The van der Waals surface area contributed by atoms with Crippen LogP contribution in [0, 0.1) is 13.8 Å². The molecule has 2 aromatic carbocycles. The summed E-state index contributed by atoms with van der Waals surface area (Å²) in [6.07, 6.45) is 0. The highest BCUT2D eigenvalue weighted by atomic mass is 32.2. The zero-order valence-corrected chi connectivity index (χ0v) is 19.0. The Balaban J connectivity index is 1.67. The van der Waals surface area contributed by atoms with Crippen molar-refractivity contribution < 1.29 is 13.2 Å². The van der Waals surface area contributed by atoms with Gasteiger partial charge in [0.2, 0.25) is 15.9 Å². The van der Waals surface area contributed by atoms with Gasteiger partial charge in [-0.3, -0.25) is 9.69 Å². The van der Waals surface area contributed by atoms with Gasteiger partial charge in [0.1, 0.15) is 0 Å². The lowest BCUT2D eigenvalue weighted by Crippen LogP contribution is -2.55. The van der Waals surface area contributed by atoms with E-state index in [1.807, 2.05) is 64.1 Å². The normalized spacial score (nSPS) is 16.9. The predicted octanol–water partition coefficient (Wildman–Crippen LogP) is 3.05. The van der Waals surface area contributed by atoms with E-state index in [1.54, 1.807) is 17.0 Å². The number of carbonyl (C=O) groups excluding carboxylic acids is 1. The van der Waals surface area contributed by atoms with Crippen molar-refractivity contribution in [2.45, 2.75) is 38.6 Å². The molecule has 0 aliphatic carbocycles. The standard InChI is InChI=1S/C23H31N3O3S/c1-5-26(21-9-7-6-8-10-21)23(27)20(4)24-13-15-25(16-14-24)30(28,29)22-12-11-18(2)19(3)17-22/h6-12,17,20H,5,13-16H2,1-4H3/t20-/m0/s1. The molecule has 1 saturated heterocycles. The summed E-state index contributed by atoms with van der Waals surface area (Å²) >= 11 is 0. The van der Waals surface area contributed by atoms with Gasteiger partial charge in [0.25, 0.3) is 0 Å². The van der Waals surface area contributed by atoms with Crippen LogP contribution in [0.25, 0.3) is 0 Å². The molecule has 0 radical (unpaired) electrons. The summed E-state index contributed by atoms with van der Waals surface area (Å²) in [4.78, 5) is 17.3. The number of amides is 1. The number of para-hydroxylation sites is 1. The number of nitrogens with zero attached hydrogens (tertiary/aromatic N) is 3. The minimum atomic E-state index is -3.52. The van der Waals surface area contributed by atoms with Crippen molar-refractivity contribution in [1.29, 1.82) is 0 Å². The molecule has 2 aromatic rings. The quantitative estimate of drug-likeness (QED) is 0.708. The zero-order valence-electron chi connectivity index (χ0n) is 18.2. The number of rotatable bonds is 6. The molecule has 0 spiro atoms. The maximum absolute atomic E-state index is 13.1. The number of carbonyl (C=O) groups is 1. The van der Waals surface area contributed by atoms with Gasteiger partial charge in [-0.15, -0.1) is 0 Å². The van der Waals surface area contributed by atoms with Crippen molar-refractivity contribution in [2.75, 3.05) is 37.6 Å². The van der Waals surface area contributed by atoms with E-state index < -0.39 is 10.0 Å². The first-order chi connectivity index (χ1) is 14.3. The SMILES string of the molecule is CCN(C(=O)[C@H](C)N1CCN(S(=O)(=O)c2ccc(C)c(C)c2)CC1)c1ccccc1. The third-order valence-electron chi connectivity index (χ3n) is 5.94. The monoisotopic (exact) mass is 429 g/mol. The Hall–Kier alpha value is -2.22. The van der Waals surface area contributed by atoms with Gasteiger partial charge in [-0.1, -0.05) is 24.3 Å². The van der Waals surface area contributed by atoms with Crippen LogP contribution in [-0.4, -0.2) is 62.3 Å². The van der Waals surface area contributed by atoms with Gasteiger partial charge >= 0.3 is 0 Å². The number of likely N-dealkylation sites (N-methyl/N-ethyl adjacent to an activating group) is 1. The summed E-state index contributed by atoms with van der Waals surface area (Å²) in [5.74, 6) is 0.0363. The molecule has 1 amide bonds. The molecule has 30 heavy (non-hydrogen) atoms. The molecule has 0 aromatic heterocycles. The summed E-state index contributed by atoms with van der Waals surface area (Å²) in [5, 5.41) is 0. The van der Waals surface area contributed by atoms with Crippen LogP contribution in [0.4, 0.5) is 5.69 Å². The van der Waals surface area contributed by atoms with Gasteiger partial charge in [-0.25, -0.2) is 8.42 Å². The molecule has 3 rings (SSSR count). The van der Waals surface area contributed by atoms with Crippen LogP contribution in [0.5, 0.6) is 0 Å². The van der Waals surface area contributed by atoms with E-state index in [9.17, 15) is 13.2 Å². The number of benzene rings is 2. The highest BCUT2D eigenvalue weighted by Gasteiger charge is 2.33. The number of hydrogen-bond acceptors (Lipinski definition) is 4. The number of hydrogen-bond donors (Lipinski definition) is 0. The molecule has 1 aliphatic rings. The Labute approximate surface area is 180 Å². The van der Waals surface area contributed by atoms with Crippen LogP contribution >= 0.6 is 0 Å². The summed E-state index contributed by atoms with van der Waals surface area (Å²) in [5.41, 5.74) is 2.92. The van der Waals surface area contributed by atoms with Gasteiger partial charge in [0, 0.05) is 38.4 Å². The van der Waals surface area contributed by atoms with Crippen LogP contribution in [-0.2, 0) is 14.8 Å².